The summed E-state index contributed by atoms with van der Waals surface area (Å²) in [4.78, 5) is 43.1. The van der Waals surface area contributed by atoms with Crippen LogP contribution < -0.4 is 19.5 Å². The third kappa shape index (κ3) is 5.62. The van der Waals surface area contributed by atoms with Gasteiger partial charge in [-0.25, -0.2) is 0 Å². The monoisotopic (exact) mass is 523 g/mol. The van der Waals surface area contributed by atoms with E-state index in [2.05, 4.69) is 10.2 Å². The molecule has 3 amide bonds. The van der Waals surface area contributed by atoms with Crippen molar-refractivity contribution >= 4 is 17.7 Å². The van der Waals surface area contributed by atoms with E-state index >= 15 is 0 Å². The first kappa shape index (κ1) is 27.4. The van der Waals surface area contributed by atoms with E-state index in [4.69, 9.17) is 14.2 Å². The third-order valence-corrected chi connectivity index (χ3v) is 7.13. The Kier molecular flexibility index (Phi) is 8.56. The molecule has 0 aromatic heterocycles. The quantitative estimate of drug-likeness (QED) is 0.355. The summed E-state index contributed by atoms with van der Waals surface area (Å²) in [6.07, 6.45) is 1.86. The predicted molar refractivity (Wildman–Crippen MR) is 143 cm³/mol. The number of ether oxygens (including phenoxy) is 3. The van der Waals surface area contributed by atoms with Gasteiger partial charge in [-0.2, -0.15) is 0 Å². The molecule has 38 heavy (non-hydrogen) atoms. The molecule has 1 N–H and O–H groups in total. The van der Waals surface area contributed by atoms with Crippen LogP contribution in [-0.2, 0) is 4.79 Å². The highest BCUT2D eigenvalue weighted by atomic mass is 16.5. The van der Waals surface area contributed by atoms with Crippen LogP contribution in [0.2, 0.25) is 0 Å². The number of benzene rings is 2. The van der Waals surface area contributed by atoms with Crippen molar-refractivity contribution in [3.8, 4) is 17.2 Å². The van der Waals surface area contributed by atoms with Gasteiger partial charge in [0.2, 0.25) is 5.91 Å². The Morgan fingerprint density at radius 2 is 1.82 bits per heavy atom. The number of imide groups is 1. The van der Waals surface area contributed by atoms with Crippen LogP contribution in [0.15, 0.2) is 36.4 Å². The summed E-state index contributed by atoms with van der Waals surface area (Å²) in [7, 11) is 5.14. The summed E-state index contributed by atoms with van der Waals surface area (Å²) in [5.41, 5.74) is 1.40. The minimum absolute atomic E-state index is 0.0327. The van der Waals surface area contributed by atoms with Gasteiger partial charge in [0.25, 0.3) is 11.8 Å². The molecule has 2 aliphatic rings. The fourth-order valence-electron chi connectivity index (χ4n) is 5.04. The zero-order valence-corrected chi connectivity index (χ0v) is 22.8. The van der Waals surface area contributed by atoms with Gasteiger partial charge in [0, 0.05) is 25.6 Å². The van der Waals surface area contributed by atoms with Crippen LogP contribution >= 0.6 is 0 Å². The van der Waals surface area contributed by atoms with Crippen molar-refractivity contribution in [1.29, 1.82) is 0 Å². The highest BCUT2D eigenvalue weighted by Gasteiger charge is 2.43. The van der Waals surface area contributed by atoms with Crippen molar-refractivity contribution < 1.29 is 28.6 Å². The predicted octanol–water partition coefficient (Wildman–Crippen LogP) is 3.68. The maximum Gasteiger partial charge on any atom is 0.265 e. The fraction of sp³-hybridized carbons (Fsp3) is 0.483. The van der Waals surface area contributed by atoms with Gasteiger partial charge in [-0.15, -0.1) is 0 Å². The van der Waals surface area contributed by atoms with Crippen LogP contribution in [-0.4, -0.2) is 74.5 Å². The average Bonchev–Trinajstić information content (AvgIpc) is 3.43. The molecule has 0 saturated carbocycles. The van der Waals surface area contributed by atoms with Crippen LogP contribution in [0.25, 0.3) is 0 Å². The molecule has 2 atom stereocenters. The smallest absolute Gasteiger partial charge is 0.265 e. The number of hydrogen-bond acceptors (Lipinski definition) is 7. The minimum atomic E-state index is -0.566. The summed E-state index contributed by atoms with van der Waals surface area (Å²) < 4.78 is 17.1. The highest BCUT2D eigenvalue weighted by molar-refractivity contribution is 6.22. The number of likely N-dealkylation sites (tertiary alicyclic amines) is 1. The molecule has 204 valence electrons. The molecule has 0 spiro atoms. The molecule has 9 nitrogen and oxygen atoms in total. The van der Waals surface area contributed by atoms with Crippen LogP contribution in [0.5, 0.6) is 17.2 Å². The first-order chi connectivity index (χ1) is 18.2. The molecule has 9 heteroatoms. The third-order valence-electron chi connectivity index (χ3n) is 7.13. The molecule has 2 heterocycles. The minimum Gasteiger partial charge on any atom is -0.493 e. The van der Waals surface area contributed by atoms with E-state index in [-0.39, 0.29) is 29.7 Å². The van der Waals surface area contributed by atoms with Gasteiger partial charge >= 0.3 is 0 Å². The van der Waals surface area contributed by atoms with Gasteiger partial charge in [-0.3, -0.25) is 19.3 Å². The van der Waals surface area contributed by atoms with E-state index in [1.54, 1.807) is 44.6 Å². The number of methoxy groups -OCH3 is 2. The Hall–Kier alpha value is -3.59. The zero-order chi connectivity index (χ0) is 27.4. The lowest BCUT2D eigenvalue weighted by atomic mass is 9.99. The van der Waals surface area contributed by atoms with E-state index in [0.717, 1.165) is 25.1 Å². The Morgan fingerprint density at radius 1 is 1.05 bits per heavy atom. The van der Waals surface area contributed by atoms with Crippen molar-refractivity contribution in [2.24, 2.45) is 5.92 Å². The Bertz CT molecular complexity index is 1200. The molecular weight excluding hydrogens is 486 g/mol. The second kappa shape index (κ2) is 11.9. The molecule has 1 saturated heterocycles. The summed E-state index contributed by atoms with van der Waals surface area (Å²) in [6.45, 7) is 5.81. The number of rotatable bonds is 11. The topological polar surface area (TPSA) is 97.4 Å². The maximum atomic E-state index is 13.9. The molecule has 1 fully saturated rings. The molecule has 2 aliphatic heterocycles. The van der Waals surface area contributed by atoms with Crippen molar-refractivity contribution in [3.05, 3.63) is 53.1 Å². The number of carbonyl (C=O) groups is 3. The maximum absolute atomic E-state index is 13.9. The average molecular weight is 524 g/mol. The number of amides is 3. The largest absolute Gasteiger partial charge is 0.493 e. The van der Waals surface area contributed by atoms with Crippen molar-refractivity contribution in [2.45, 2.75) is 45.3 Å². The lowest BCUT2D eigenvalue weighted by molar-refractivity contribution is -0.124. The number of carbonyl (C=O) groups excluding carboxylic acids is 3. The highest BCUT2D eigenvalue weighted by Crippen LogP contribution is 2.40. The lowest BCUT2D eigenvalue weighted by Gasteiger charge is -2.27. The van der Waals surface area contributed by atoms with Crippen molar-refractivity contribution in [1.82, 2.24) is 15.1 Å². The first-order valence-corrected chi connectivity index (χ1v) is 13.1. The van der Waals surface area contributed by atoms with Gasteiger partial charge in [0.1, 0.15) is 11.9 Å². The summed E-state index contributed by atoms with van der Waals surface area (Å²) in [5.74, 6) is 0.619. The van der Waals surface area contributed by atoms with Crippen LogP contribution in [0.4, 0.5) is 0 Å². The lowest BCUT2D eigenvalue weighted by Crippen LogP contribution is -2.35. The first-order valence-electron chi connectivity index (χ1n) is 13.1. The standard InChI is InChI=1S/C29H37N3O6/c1-18(2)27(33)30-14-7-9-22(19-11-12-23(36-4)25(16-19)37-5)32-28(34)21-8-6-10-24(26(21)29(32)35)38-20-13-15-31(3)17-20/h6,8,10-12,16,18,20,22H,7,9,13-15,17H2,1-5H3,(H,30,33)/t20?,22-/m1/s1. The van der Waals surface area contributed by atoms with Gasteiger partial charge < -0.3 is 24.4 Å². The molecule has 1 unspecified atom stereocenters. The number of fused-ring (bicyclic) bond motifs is 1. The van der Waals surface area contributed by atoms with Crippen molar-refractivity contribution in [3.63, 3.8) is 0 Å². The van der Waals surface area contributed by atoms with Gasteiger partial charge in [-0.05, 0) is 56.1 Å². The van der Waals surface area contributed by atoms with Gasteiger partial charge in [0.15, 0.2) is 11.5 Å². The molecule has 2 aromatic rings. The van der Waals surface area contributed by atoms with E-state index in [1.807, 2.05) is 27.0 Å². The second-order valence-corrected chi connectivity index (χ2v) is 10.2. The van der Waals surface area contributed by atoms with Gasteiger partial charge in [0.05, 0.1) is 31.4 Å². The van der Waals surface area contributed by atoms with E-state index in [9.17, 15) is 14.4 Å². The van der Waals surface area contributed by atoms with Crippen molar-refractivity contribution in [2.75, 3.05) is 40.9 Å². The van der Waals surface area contributed by atoms with Crippen LogP contribution in [0.3, 0.4) is 0 Å². The SMILES string of the molecule is COc1ccc([C@@H](CCCNC(=O)C(C)C)N2C(=O)c3cccc(OC4CCN(C)C4)c3C2=O)cc1OC. The Balaban J connectivity index is 1.64. The summed E-state index contributed by atoms with van der Waals surface area (Å²) in [6, 6.07) is 10.0. The van der Waals surface area contributed by atoms with E-state index in [1.165, 1.54) is 4.90 Å². The zero-order valence-electron chi connectivity index (χ0n) is 22.8. The summed E-state index contributed by atoms with van der Waals surface area (Å²) in [5, 5.41) is 2.92. The van der Waals surface area contributed by atoms with Gasteiger partial charge in [-0.1, -0.05) is 26.0 Å². The van der Waals surface area contributed by atoms with Crippen LogP contribution in [0, 0.1) is 5.92 Å². The molecule has 0 radical (unpaired) electrons. The van der Waals surface area contributed by atoms with E-state index < -0.39 is 6.04 Å². The summed E-state index contributed by atoms with van der Waals surface area (Å²) >= 11 is 0. The fourth-order valence-corrected chi connectivity index (χ4v) is 5.04. The number of hydrogen-bond donors (Lipinski definition) is 1. The molecular formula is C29H37N3O6. The molecule has 2 aromatic carbocycles. The Morgan fingerprint density at radius 3 is 2.47 bits per heavy atom. The van der Waals surface area contributed by atoms with Crippen LogP contribution in [0.1, 0.15) is 65.4 Å². The number of nitrogens with one attached hydrogen (secondary N) is 1. The molecule has 0 bridgehead atoms. The number of nitrogens with zero attached hydrogens (tertiary/aromatic N) is 2. The van der Waals surface area contributed by atoms with E-state index in [0.29, 0.717) is 47.8 Å². The number of likely N-dealkylation sites (N-methyl/N-ethyl adjacent to an activating group) is 1. The normalized spacial score (nSPS) is 18.1. The Labute approximate surface area is 224 Å². The molecule has 4 rings (SSSR count). The second-order valence-electron chi connectivity index (χ2n) is 10.2. The molecule has 0 aliphatic carbocycles.